The quantitative estimate of drug-likeness (QED) is 0.871. The molecule has 1 N–H and O–H groups in total. The van der Waals surface area contributed by atoms with Crippen molar-refractivity contribution in [3.05, 3.63) is 47.2 Å². The zero-order chi connectivity index (χ0) is 12.3. The molecule has 3 nitrogen and oxygen atoms in total. The minimum absolute atomic E-state index is 0.0702. The average molecular weight is 232 g/mol. The summed E-state index contributed by atoms with van der Waals surface area (Å²) in [7, 11) is 0. The summed E-state index contributed by atoms with van der Waals surface area (Å²) in [4.78, 5) is 10.8. The van der Waals surface area contributed by atoms with Gasteiger partial charge in [-0.1, -0.05) is 31.2 Å². The van der Waals surface area contributed by atoms with Crippen molar-refractivity contribution in [2.45, 2.75) is 25.7 Å². The number of hydrogen-bond donors (Lipinski definition) is 1. The molecule has 1 unspecified atom stereocenters. The Morgan fingerprint density at radius 2 is 2.12 bits per heavy atom. The number of carbonyl (C=O) groups is 1. The zero-order valence-electron chi connectivity index (χ0n) is 9.85. The van der Waals surface area contributed by atoms with Gasteiger partial charge in [0.05, 0.1) is 6.61 Å². The molecule has 1 atom stereocenters. The fourth-order valence-electron chi connectivity index (χ4n) is 2.01. The van der Waals surface area contributed by atoms with Crippen LogP contribution in [0.3, 0.4) is 0 Å². The first-order chi connectivity index (χ1) is 8.20. The van der Waals surface area contributed by atoms with E-state index in [0.717, 1.165) is 18.4 Å². The van der Waals surface area contributed by atoms with Crippen molar-refractivity contribution >= 4 is 5.97 Å². The summed E-state index contributed by atoms with van der Waals surface area (Å²) in [5, 5.41) is 8.89. The first-order valence-electron chi connectivity index (χ1n) is 5.87. The van der Waals surface area contributed by atoms with E-state index in [4.69, 9.17) is 9.84 Å². The minimum Gasteiger partial charge on any atom is -0.487 e. The Morgan fingerprint density at radius 3 is 2.71 bits per heavy atom. The van der Waals surface area contributed by atoms with Crippen molar-refractivity contribution in [2.24, 2.45) is 0 Å². The average Bonchev–Trinajstić information content (AvgIpc) is 2.39. The Labute approximate surface area is 101 Å². The molecule has 1 heterocycles. The van der Waals surface area contributed by atoms with Gasteiger partial charge in [0, 0.05) is 5.92 Å². The number of benzene rings is 1. The number of carboxylic acid groups (broad SMARTS) is 1. The highest BCUT2D eigenvalue weighted by Crippen LogP contribution is 2.27. The highest BCUT2D eigenvalue weighted by Gasteiger charge is 2.20. The van der Waals surface area contributed by atoms with Crippen molar-refractivity contribution in [2.75, 3.05) is 6.61 Å². The molecule has 2 rings (SSSR count). The van der Waals surface area contributed by atoms with Crippen molar-refractivity contribution in [3.63, 3.8) is 0 Å². The molecule has 1 aromatic rings. The number of aliphatic carboxylic acids is 1. The lowest BCUT2D eigenvalue weighted by molar-refractivity contribution is -0.137. The number of allylic oxidation sites excluding steroid dienone is 1. The predicted octanol–water partition coefficient (Wildman–Crippen LogP) is 2.72. The summed E-state index contributed by atoms with van der Waals surface area (Å²) in [5.41, 5.74) is 2.45. The predicted molar refractivity (Wildman–Crippen MR) is 64.8 cm³/mol. The van der Waals surface area contributed by atoms with E-state index in [0.29, 0.717) is 6.61 Å². The molecule has 0 saturated heterocycles. The van der Waals surface area contributed by atoms with Gasteiger partial charge in [0.2, 0.25) is 5.76 Å². The second-order valence-electron chi connectivity index (χ2n) is 4.17. The van der Waals surface area contributed by atoms with Crippen LogP contribution in [-0.2, 0) is 16.0 Å². The maximum Gasteiger partial charge on any atom is 0.370 e. The first-order valence-corrected chi connectivity index (χ1v) is 5.87. The van der Waals surface area contributed by atoms with Gasteiger partial charge in [-0.15, -0.1) is 0 Å². The van der Waals surface area contributed by atoms with Crippen LogP contribution < -0.4 is 0 Å². The van der Waals surface area contributed by atoms with E-state index in [9.17, 15) is 4.79 Å². The highest BCUT2D eigenvalue weighted by molar-refractivity contribution is 5.84. The fraction of sp³-hybridized carbons (Fsp3) is 0.357. The van der Waals surface area contributed by atoms with Crippen LogP contribution in [0.2, 0.25) is 0 Å². The third-order valence-corrected chi connectivity index (χ3v) is 3.07. The molecule has 0 bridgehead atoms. The van der Waals surface area contributed by atoms with Crippen LogP contribution in [0.1, 0.15) is 30.4 Å². The van der Waals surface area contributed by atoms with Crippen LogP contribution in [0.15, 0.2) is 36.1 Å². The van der Waals surface area contributed by atoms with Gasteiger partial charge in [-0.25, -0.2) is 4.79 Å². The van der Waals surface area contributed by atoms with Gasteiger partial charge in [-0.05, 0) is 30.0 Å². The van der Waals surface area contributed by atoms with Gasteiger partial charge in [0.1, 0.15) is 0 Å². The molecular weight excluding hydrogens is 216 g/mol. The van der Waals surface area contributed by atoms with Gasteiger partial charge >= 0.3 is 5.97 Å². The molecule has 0 spiro atoms. The normalized spacial score (nSPS) is 19.4. The molecule has 0 saturated carbocycles. The molecule has 1 aromatic carbocycles. The maximum atomic E-state index is 10.8. The first kappa shape index (κ1) is 11.7. The molecule has 0 radical (unpaired) electrons. The maximum absolute atomic E-state index is 10.8. The van der Waals surface area contributed by atoms with Crippen molar-refractivity contribution in [3.8, 4) is 0 Å². The van der Waals surface area contributed by atoms with Gasteiger partial charge in [-0.2, -0.15) is 0 Å². The van der Waals surface area contributed by atoms with Gasteiger partial charge < -0.3 is 9.84 Å². The molecule has 90 valence electrons. The van der Waals surface area contributed by atoms with Crippen LogP contribution in [-0.4, -0.2) is 17.7 Å². The van der Waals surface area contributed by atoms with Crippen LogP contribution >= 0.6 is 0 Å². The number of hydrogen-bond acceptors (Lipinski definition) is 2. The summed E-state index contributed by atoms with van der Waals surface area (Å²) in [5.74, 6) is -0.763. The van der Waals surface area contributed by atoms with Crippen molar-refractivity contribution < 1.29 is 14.6 Å². The molecule has 0 fully saturated rings. The van der Waals surface area contributed by atoms with E-state index < -0.39 is 5.97 Å². The summed E-state index contributed by atoms with van der Waals surface area (Å²) in [6.07, 6.45) is 3.55. The summed E-state index contributed by atoms with van der Waals surface area (Å²) < 4.78 is 5.10. The second kappa shape index (κ2) is 5.04. The van der Waals surface area contributed by atoms with E-state index in [2.05, 4.69) is 31.2 Å². The van der Waals surface area contributed by atoms with Crippen molar-refractivity contribution in [1.29, 1.82) is 0 Å². The Balaban J connectivity index is 2.21. The van der Waals surface area contributed by atoms with Gasteiger partial charge in [0.25, 0.3) is 0 Å². The molecule has 1 aliphatic rings. The summed E-state index contributed by atoms with van der Waals surface area (Å²) >= 11 is 0. The molecular formula is C14H16O3. The summed E-state index contributed by atoms with van der Waals surface area (Å²) in [6, 6.07) is 8.34. The SMILES string of the molecule is CCc1ccc(C2C=C(C(=O)O)OCC2)cc1. The monoisotopic (exact) mass is 232 g/mol. The van der Waals surface area contributed by atoms with Gasteiger partial charge in [0.15, 0.2) is 0 Å². The van der Waals surface area contributed by atoms with Crippen LogP contribution in [0.5, 0.6) is 0 Å². The Morgan fingerprint density at radius 1 is 1.41 bits per heavy atom. The highest BCUT2D eigenvalue weighted by atomic mass is 16.5. The van der Waals surface area contributed by atoms with E-state index in [-0.39, 0.29) is 11.7 Å². The topological polar surface area (TPSA) is 46.5 Å². The van der Waals surface area contributed by atoms with Crippen molar-refractivity contribution in [1.82, 2.24) is 0 Å². The Kier molecular flexibility index (Phi) is 3.47. The van der Waals surface area contributed by atoms with Crippen LogP contribution in [0.25, 0.3) is 0 Å². The Bertz CT molecular complexity index is 431. The van der Waals surface area contributed by atoms with E-state index in [1.54, 1.807) is 6.08 Å². The van der Waals surface area contributed by atoms with Gasteiger partial charge in [-0.3, -0.25) is 0 Å². The lowest BCUT2D eigenvalue weighted by Crippen LogP contribution is -2.15. The lowest BCUT2D eigenvalue weighted by Gasteiger charge is -2.20. The molecule has 17 heavy (non-hydrogen) atoms. The van der Waals surface area contributed by atoms with E-state index in [1.807, 2.05) is 0 Å². The van der Waals surface area contributed by atoms with E-state index in [1.165, 1.54) is 5.56 Å². The molecule has 0 aliphatic carbocycles. The summed E-state index contributed by atoms with van der Waals surface area (Å²) in [6.45, 7) is 2.59. The largest absolute Gasteiger partial charge is 0.487 e. The molecule has 0 amide bonds. The standard InChI is InChI=1S/C14H16O3/c1-2-10-3-5-11(6-4-10)12-7-8-17-13(9-12)14(15)16/h3-6,9,12H,2,7-8H2,1H3,(H,15,16). The van der Waals surface area contributed by atoms with Crippen LogP contribution in [0, 0.1) is 0 Å². The molecule has 1 aliphatic heterocycles. The smallest absolute Gasteiger partial charge is 0.370 e. The zero-order valence-corrected chi connectivity index (χ0v) is 9.85. The fourth-order valence-corrected chi connectivity index (χ4v) is 2.01. The third-order valence-electron chi connectivity index (χ3n) is 3.07. The number of ether oxygens (including phenoxy) is 1. The number of aryl methyl sites for hydroxylation is 1. The van der Waals surface area contributed by atoms with E-state index >= 15 is 0 Å². The number of carboxylic acids is 1. The molecule has 3 heteroatoms. The molecule has 0 aromatic heterocycles. The number of rotatable bonds is 3. The van der Waals surface area contributed by atoms with Crippen LogP contribution in [0.4, 0.5) is 0 Å². The minimum atomic E-state index is -0.986. The lowest BCUT2D eigenvalue weighted by atomic mass is 9.93. The second-order valence-corrected chi connectivity index (χ2v) is 4.17. The Hall–Kier alpha value is -1.77. The third kappa shape index (κ3) is 2.67.